The maximum Gasteiger partial charge on any atom is 0.271 e. The van der Waals surface area contributed by atoms with E-state index in [1.54, 1.807) is 7.05 Å². The SMILES string of the molecule is CC(=O)C1CN(C)CC1(F)F. The molecule has 0 spiro atoms. The highest BCUT2D eigenvalue weighted by atomic mass is 19.3. The molecule has 0 aromatic rings. The Morgan fingerprint density at radius 1 is 1.64 bits per heavy atom. The van der Waals surface area contributed by atoms with E-state index in [1.165, 1.54) is 11.8 Å². The maximum atomic E-state index is 12.8. The Kier molecular flexibility index (Phi) is 1.96. The minimum Gasteiger partial charge on any atom is -0.300 e. The lowest BCUT2D eigenvalue weighted by atomic mass is 10.0. The molecule has 1 aliphatic rings. The monoisotopic (exact) mass is 163 g/mol. The fraction of sp³-hybridized carbons (Fsp3) is 0.857. The van der Waals surface area contributed by atoms with Crippen LogP contribution in [-0.4, -0.2) is 36.7 Å². The second kappa shape index (κ2) is 2.52. The van der Waals surface area contributed by atoms with Crippen LogP contribution >= 0.6 is 0 Å². The highest BCUT2D eigenvalue weighted by Crippen LogP contribution is 2.32. The number of hydrogen-bond acceptors (Lipinski definition) is 2. The first-order valence-corrected chi connectivity index (χ1v) is 3.50. The van der Waals surface area contributed by atoms with E-state index in [0.29, 0.717) is 0 Å². The lowest BCUT2D eigenvalue weighted by Gasteiger charge is -2.13. The summed E-state index contributed by atoms with van der Waals surface area (Å²) in [7, 11) is 1.59. The zero-order valence-corrected chi connectivity index (χ0v) is 6.60. The summed E-state index contributed by atoms with van der Waals surface area (Å²) in [6.45, 7) is 1.11. The standard InChI is InChI=1S/C7H11F2NO/c1-5(11)6-3-10(2)4-7(6,8)9/h6H,3-4H2,1-2H3. The van der Waals surface area contributed by atoms with Crippen LogP contribution in [0.15, 0.2) is 0 Å². The predicted octanol–water partition coefficient (Wildman–Crippen LogP) is 0.772. The van der Waals surface area contributed by atoms with Gasteiger partial charge in [0.2, 0.25) is 0 Å². The Bertz CT molecular complexity index is 181. The van der Waals surface area contributed by atoms with Crippen molar-refractivity contribution in [3.8, 4) is 0 Å². The molecule has 0 aliphatic carbocycles. The highest BCUT2D eigenvalue weighted by molar-refractivity contribution is 5.80. The number of carbonyl (C=O) groups is 1. The quantitative estimate of drug-likeness (QED) is 0.569. The van der Waals surface area contributed by atoms with E-state index >= 15 is 0 Å². The van der Waals surface area contributed by atoms with Crippen LogP contribution in [-0.2, 0) is 4.79 Å². The van der Waals surface area contributed by atoms with Crippen molar-refractivity contribution in [2.45, 2.75) is 12.8 Å². The van der Waals surface area contributed by atoms with E-state index < -0.39 is 17.6 Å². The van der Waals surface area contributed by atoms with Gasteiger partial charge >= 0.3 is 0 Å². The van der Waals surface area contributed by atoms with Crippen molar-refractivity contribution in [2.75, 3.05) is 20.1 Å². The second-order valence-electron chi connectivity index (χ2n) is 3.12. The first-order chi connectivity index (χ1) is 4.93. The van der Waals surface area contributed by atoms with Gasteiger partial charge in [0.25, 0.3) is 5.92 Å². The van der Waals surface area contributed by atoms with Gasteiger partial charge < -0.3 is 0 Å². The summed E-state index contributed by atoms with van der Waals surface area (Å²) in [5.41, 5.74) is 0. The largest absolute Gasteiger partial charge is 0.300 e. The Labute approximate surface area is 64.2 Å². The minimum atomic E-state index is -2.82. The van der Waals surface area contributed by atoms with Crippen LogP contribution in [0.3, 0.4) is 0 Å². The molecule has 64 valence electrons. The van der Waals surface area contributed by atoms with Gasteiger partial charge in [-0.1, -0.05) is 0 Å². The number of Topliss-reactive ketones (excluding diaryl/α,β-unsaturated/α-hetero) is 1. The molecule has 0 aromatic heterocycles. The van der Waals surface area contributed by atoms with Crippen molar-refractivity contribution in [2.24, 2.45) is 5.92 Å². The fourth-order valence-electron chi connectivity index (χ4n) is 1.41. The molecule has 1 fully saturated rings. The summed E-state index contributed by atoms with van der Waals surface area (Å²) in [6.07, 6.45) is 0. The third-order valence-electron chi connectivity index (χ3n) is 1.98. The lowest BCUT2D eigenvalue weighted by molar-refractivity contribution is -0.129. The Morgan fingerprint density at radius 3 is 2.36 bits per heavy atom. The molecule has 1 atom stereocenters. The van der Waals surface area contributed by atoms with Crippen LogP contribution < -0.4 is 0 Å². The van der Waals surface area contributed by atoms with Gasteiger partial charge in [0.05, 0.1) is 12.5 Å². The van der Waals surface area contributed by atoms with Crippen molar-refractivity contribution >= 4 is 5.78 Å². The van der Waals surface area contributed by atoms with Gasteiger partial charge in [-0.25, -0.2) is 8.78 Å². The van der Waals surface area contributed by atoms with Crippen LogP contribution in [0.2, 0.25) is 0 Å². The van der Waals surface area contributed by atoms with E-state index in [-0.39, 0.29) is 13.1 Å². The van der Waals surface area contributed by atoms with Gasteiger partial charge in [-0.15, -0.1) is 0 Å². The molecule has 1 unspecified atom stereocenters. The van der Waals surface area contributed by atoms with Crippen molar-refractivity contribution in [1.29, 1.82) is 0 Å². The summed E-state index contributed by atoms with van der Waals surface area (Å²) in [6, 6.07) is 0. The summed E-state index contributed by atoms with van der Waals surface area (Å²) in [5, 5.41) is 0. The van der Waals surface area contributed by atoms with E-state index in [9.17, 15) is 13.6 Å². The summed E-state index contributed by atoms with van der Waals surface area (Å²) < 4.78 is 25.7. The van der Waals surface area contributed by atoms with Crippen molar-refractivity contribution < 1.29 is 13.6 Å². The Balaban J connectivity index is 2.74. The molecule has 0 amide bonds. The number of ketones is 1. The third kappa shape index (κ3) is 1.56. The Morgan fingerprint density at radius 2 is 2.18 bits per heavy atom. The third-order valence-corrected chi connectivity index (χ3v) is 1.98. The number of halogens is 2. The molecule has 1 heterocycles. The molecule has 1 aliphatic heterocycles. The van der Waals surface area contributed by atoms with E-state index in [2.05, 4.69) is 0 Å². The van der Waals surface area contributed by atoms with Gasteiger partial charge in [-0.05, 0) is 14.0 Å². The summed E-state index contributed by atoms with van der Waals surface area (Å²) >= 11 is 0. The van der Waals surface area contributed by atoms with Crippen LogP contribution in [0.25, 0.3) is 0 Å². The first kappa shape index (κ1) is 8.59. The Hall–Kier alpha value is -0.510. The van der Waals surface area contributed by atoms with Gasteiger partial charge in [0.1, 0.15) is 5.78 Å². The maximum absolute atomic E-state index is 12.8. The smallest absolute Gasteiger partial charge is 0.271 e. The normalized spacial score (nSPS) is 30.7. The van der Waals surface area contributed by atoms with Crippen LogP contribution in [0, 0.1) is 5.92 Å². The molecule has 0 bridgehead atoms. The van der Waals surface area contributed by atoms with Crippen LogP contribution in [0.4, 0.5) is 8.78 Å². The second-order valence-corrected chi connectivity index (χ2v) is 3.12. The van der Waals surface area contributed by atoms with Gasteiger partial charge in [0, 0.05) is 6.54 Å². The number of likely N-dealkylation sites (tertiary alicyclic amines) is 1. The molecule has 0 radical (unpaired) electrons. The highest BCUT2D eigenvalue weighted by Gasteiger charge is 2.48. The molecule has 0 saturated carbocycles. The number of alkyl halides is 2. The molecule has 0 aromatic carbocycles. The molecule has 4 heteroatoms. The first-order valence-electron chi connectivity index (χ1n) is 3.50. The summed E-state index contributed by atoms with van der Waals surface area (Å²) in [5.74, 6) is -4.33. The average molecular weight is 163 g/mol. The van der Waals surface area contributed by atoms with Crippen molar-refractivity contribution in [1.82, 2.24) is 4.90 Å². The van der Waals surface area contributed by atoms with Crippen molar-refractivity contribution in [3.05, 3.63) is 0 Å². The molecule has 2 nitrogen and oxygen atoms in total. The zero-order valence-electron chi connectivity index (χ0n) is 6.60. The molecule has 11 heavy (non-hydrogen) atoms. The number of hydrogen-bond donors (Lipinski definition) is 0. The molecular formula is C7H11F2NO. The van der Waals surface area contributed by atoms with E-state index in [1.807, 2.05) is 0 Å². The van der Waals surface area contributed by atoms with E-state index in [0.717, 1.165) is 0 Å². The number of carbonyl (C=O) groups excluding carboxylic acids is 1. The zero-order chi connectivity index (χ0) is 8.65. The van der Waals surface area contributed by atoms with Crippen molar-refractivity contribution in [3.63, 3.8) is 0 Å². The molecule has 1 rings (SSSR count). The fourth-order valence-corrected chi connectivity index (χ4v) is 1.41. The topological polar surface area (TPSA) is 20.3 Å². The minimum absolute atomic E-state index is 0.183. The molecule has 1 saturated heterocycles. The predicted molar refractivity (Wildman–Crippen MR) is 36.6 cm³/mol. The average Bonchev–Trinajstić information content (AvgIpc) is 2.04. The molecular weight excluding hydrogens is 152 g/mol. The molecule has 0 N–H and O–H groups in total. The number of rotatable bonds is 1. The van der Waals surface area contributed by atoms with Crippen LogP contribution in [0.1, 0.15) is 6.92 Å². The van der Waals surface area contributed by atoms with E-state index in [4.69, 9.17) is 0 Å². The van der Waals surface area contributed by atoms with Gasteiger partial charge in [-0.3, -0.25) is 9.69 Å². The lowest BCUT2D eigenvalue weighted by Crippen LogP contribution is -2.31. The summed E-state index contributed by atoms with van der Waals surface area (Å²) in [4.78, 5) is 12.2. The van der Waals surface area contributed by atoms with Gasteiger partial charge in [0.15, 0.2) is 0 Å². The van der Waals surface area contributed by atoms with Gasteiger partial charge in [-0.2, -0.15) is 0 Å². The number of nitrogens with zero attached hydrogens (tertiary/aromatic N) is 1. The van der Waals surface area contributed by atoms with Crippen LogP contribution in [0.5, 0.6) is 0 Å².